The van der Waals surface area contributed by atoms with E-state index in [9.17, 15) is 4.79 Å². The minimum absolute atomic E-state index is 0.0316. The van der Waals surface area contributed by atoms with Crippen LogP contribution in [0.3, 0.4) is 0 Å². The van der Waals surface area contributed by atoms with Crippen LogP contribution in [0.4, 0.5) is 0 Å². The normalized spacial score (nSPS) is 16.1. The number of hydrogen-bond donors (Lipinski definition) is 1. The van der Waals surface area contributed by atoms with Gasteiger partial charge in [-0.15, -0.1) is 10.2 Å². The van der Waals surface area contributed by atoms with E-state index >= 15 is 0 Å². The minimum Gasteiger partial charge on any atom is -0.497 e. The molecule has 0 saturated carbocycles. The largest absolute Gasteiger partial charge is 0.497 e. The van der Waals surface area contributed by atoms with Crippen LogP contribution in [0.25, 0.3) is 11.3 Å². The highest BCUT2D eigenvalue weighted by atomic mass is 32.2. The molecule has 1 saturated heterocycles. The second kappa shape index (κ2) is 9.57. The van der Waals surface area contributed by atoms with Crippen molar-refractivity contribution in [3.8, 4) is 22.8 Å². The number of benzene rings is 1. The second-order valence-electron chi connectivity index (χ2n) is 6.05. The number of thioether (sulfide) groups is 1. The van der Waals surface area contributed by atoms with E-state index in [1.54, 1.807) is 14.2 Å². The van der Waals surface area contributed by atoms with E-state index in [1.807, 2.05) is 30.3 Å². The lowest BCUT2D eigenvalue weighted by Crippen LogP contribution is -2.32. The summed E-state index contributed by atoms with van der Waals surface area (Å²) in [5.41, 5.74) is 1.48. The average Bonchev–Trinajstić information content (AvgIpc) is 3.24. The lowest BCUT2D eigenvalue weighted by molar-refractivity contribution is -0.119. The molecule has 1 aliphatic heterocycles. The van der Waals surface area contributed by atoms with E-state index in [4.69, 9.17) is 14.2 Å². The fourth-order valence-electron chi connectivity index (χ4n) is 2.78. The quantitative estimate of drug-likeness (QED) is 0.695. The van der Waals surface area contributed by atoms with Crippen molar-refractivity contribution in [2.45, 2.75) is 24.0 Å². The molecule has 1 unspecified atom stereocenters. The Balaban J connectivity index is 1.56. The lowest BCUT2D eigenvalue weighted by Gasteiger charge is -2.11. The predicted molar refractivity (Wildman–Crippen MR) is 103 cm³/mol. The molecule has 1 fully saturated rings. The number of amides is 1. The summed E-state index contributed by atoms with van der Waals surface area (Å²) in [7, 11) is 3.22. The molecule has 0 aliphatic carbocycles. The monoisotopic (exact) mass is 389 g/mol. The molecule has 144 valence electrons. The molecule has 0 bridgehead atoms. The van der Waals surface area contributed by atoms with Crippen molar-refractivity contribution in [1.82, 2.24) is 15.5 Å². The van der Waals surface area contributed by atoms with Crippen LogP contribution in [0.1, 0.15) is 12.8 Å². The zero-order chi connectivity index (χ0) is 19.1. The molecule has 1 aliphatic rings. The van der Waals surface area contributed by atoms with E-state index in [1.165, 1.54) is 11.8 Å². The highest BCUT2D eigenvalue weighted by molar-refractivity contribution is 7.99. The first kappa shape index (κ1) is 19.4. The summed E-state index contributed by atoms with van der Waals surface area (Å²) in [6, 6.07) is 9.22. The number of nitrogens with zero attached hydrogens (tertiary/aromatic N) is 2. The third-order valence-corrected chi connectivity index (χ3v) is 5.14. The van der Waals surface area contributed by atoms with Crippen LogP contribution in [0.5, 0.6) is 11.5 Å². The van der Waals surface area contributed by atoms with Gasteiger partial charge in [-0.1, -0.05) is 11.8 Å². The summed E-state index contributed by atoms with van der Waals surface area (Å²) in [6.45, 7) is 1.36. The van der Waals surface area contributed by atoms with Crippen LogP contribution in [0.2, 0.25) is 0 Å². The van der Waals surface area contributed by atoms with Crippen molar-refractivity contribution >= 4 is 17.7 Å². The molecule has 0 spiro atoms. The molecule has 1 aromatic heterocycles. The summed E-state index contributed by atoms with van der Waals surface area (Å²) in [5, 5.41) is 12.1. The van der Waals surface area contributed by atoms with Gasteiger partial charge in [-0.25, -0.2) is 0 Å². The number of aromatic nitrogens is 2. The lowest BCUT2D eigenvalue weighted by atomic mass is 10.1. The highest BCUT2D eigenvalue weighted by Gasteiger charge is 2.16. The number of nitrogens with one attached hydrogen (secondary N) is 1. The zero-order valence-electron chi connectivity index (χ0n) is 15.4. The topological polar surface area (TPSA) is 82.6 Å². The van der Waals surface area contributed by atoms with Crippen LogP contribution < -0.4 is 14.8 Å². The highest BCUT2D eigenvalue weighted by Crippen LogP contribution is 2.32. The maximum atomic E-state index is 11.9. The van der Waals surface area contributed by atoms with Gasteiger partial charge in [-0.2, -0.15) is 0 Å². The van der Waals surface area contributed by atoms with Gasteiger partial charge in [0.25, 0.3) is 0 Å². The number of carbonyl (C=O) groups is 1. The first-order chi connectivity index (χ1) is 13.2. The molecule has 8 heteroatoms. The molecular formula is C19H23N3O4S. The minimum atomic E-state index is -0.0316. The van der Waals surface area contributed by atoms with Crippen LogP contribution in [0, 0.1) is 0 Å². The molecular weight excluding hydrogens is 366 g/mol. The Morgan fingerprint density at radius 3 is 2.81 bits per heavy atom. The molecule has 3 rings (SSSR count). The van der Waals surface area contributed by atoms with Gasteiger partial charge < -0.3 is 19.5 Å². The van der Waals surface area contributed by atoms with Crippen molar-refractivity contribution in [3.63, 3.8) is 0 Å². The van der Waals surface area contributed by atoms with Crippen molar-refractivity contribution in [2.24, 2.45) is 0 Å². The maximum Gasteiger partial charge on any atom is 0.230 e. The Morgan fingerprint density at radius 1 is 1.26 bits per heavy atom. The number of hydrogen-bond acceptors (Lipinski definition) is 7. The van der Waals surface area contributed by atoms with Crippen LogP contribution >= 0.6 is 11.8 Å². The van der Waals surface area contributed by atoms with Gasteiger partial charge in [-0.3, -0.25) is 4.79 Å². The Labute approximate surface area is 162 Å². The molecule has 7 nitrogen and oxygen atoms in total. The number of rotatable bonds is 8. The van der Waals surface area contributed by atoms with Gasteiger partial charge in [0, 0.05) is 18.7 Å². The van der Waals surface area contributed by atoms with Crippen LogP contribution in [-0.2, 0) is 9.53 Å². The number of methoxy groups -OCH3 is 2. The fourth-order valence-corrected chi connectivity index (χ4v) is 3.42. The van der Waals surface area contributed by atoms with E-state index < -0.39 is 0 Å². The molecule has 2 heterocycles. The standard InChI is InChI=1S/C19H23N3O4S/c1-24-13-5-7-17(25-2)15(10-13)16-6-8-19(22-21-16)27-12-18(23)20-11-14-4-3-9-26-14/h5-8,10,14H,3-4,9,11-12H2,1-2H3,(H,20,23). The van der Waals surface area contributed by atoms with E-state index in [0.717, 1.165) is 25.0 Å². The van der Waals surface area contributed by atoms with Gasteiger partial charge in [-0.05, 0) is 43.2 Å². The van der Waals surface area contributed by atoms with Crippen molar-refractivity contribution < 1.29 is 19.0 Å². The maximum absolute atomic E-state index is 11.9. The fraction of sp³-hybridized carbons (Fsp3) is 0.421. The van der Waals surface area contributed by atoms with Gasteiger partial charge in [0.2, 0.25) is 5.91 Å². The summed E-state index contributed by atoms with van der Waals surface area (Å²) >= 11 is 1.35. The third-order valence-electron chi connectivity index (χ3n) is 4.22. The van der Waals surface area contributed by atoms with Crippen LogP contribution in [-0.4, -0.2) is 55.3 Å². The van der Waals surface area contributed by atoms with E-state index in [-0.39, 0.29) is 12.0 Å². The Bertz CT molecular complexity index is 764. The van der Waals surface area contributed by atoms with Crippen LogP contribution in [0.15, 0.2) is 35.4 Å². The zero-order valence-corrected chi connectivity index (χ0v) is 16.3. The molecule has 1 atom stereocenters. The Morgan fingerprint density at radius 2 is 2.15 bits per heavy atom. The van der Waals surface area contributed by atoms with E-state index in [0.29, 0.717) is 34.5 Å². The smallest absolute Gasteiger partial charge is 0.230 e. The summed E-state index contributed by atoms with van der Waals surface area (Å²) in [5.74, 6) is 1.67. The summed E-state index contributed by atoms with van der Waals surface area (Å²) in [6.07, 6.45) is 2.22. The van der Waals surface area contributed by atoms with Gasteiger partial charge in [0.15, 0.2) is 0 Å². The number of carbonyl (C=O) groups excluding carboxylic acids is 1. The molecule has 1 aromatic carbocycles. The van der Waals surface area contributed by atoms with E-state index in [2.05, 4.69) is 15.5 Å². The van der Waals surface area contributed by atoms with Crippen molar-refractivity contribution in [2.75, 3.05) is 33.1 Å². The SMILES string of the molecule is COc1ccc(OC)c(-c2ccc(SCC(=O)NCC3CCCO3)nn2)c1. The first-order valence-electron chi connectivity index (χ1n) is 8.77. The Hall–Kier alpha value is -2.32. The van der Waals surface area contributed by atoms with Crippen molar-refractivity contribution in [3.05, 3.63) is 30.3 Å². The van der Waals surface area contributed by atoms with Gasteiger partial charge in [0.05, 0.1) is 31.8 Å². The predicted octanol–water partition coefficient (Wildman–Crippen LogP) is 2.55. The molecule has 0 radical (unpaired) electrons. The third kappa shape index (κ3) is 5.33. The summed E-state index contributed by atoms with van der Waals surface area (Å²) < 4.78 is 16.1. The second-order valence-corrected chi connectivity index (χ2v) is 7.05. The number of ether oxygens (including phenoxy) is 3. The molecule has 2 aromatic rings. The Kier molecular flexibility index (Phi) is 6.89. The first-order valence-corrected chi connectivity index (χ1v) is 9.75. The molecule has 1 N–H and O–H groups in total. The van der Waals surface area contributed by atoms with Crippen molar-refractivity contribution in [1.29, 1.82) is 0 Å². The van der Waals surface area contributed by atoms with Gasteiger partial charge >= 0.3 is 0 Å². The summed E-state index contributed by atoms with van der Waals surface area (Å²) in [4.78, 5) is 11.9. The molecule has 27 heavy (non-hydrogen) atoms. The molecule has 1 amide bonds. The average molecular weight is 389 g/mol. The van der Waals surface area contributed by atoms with Gasteiger partial charge in [0.1, 0.15) is 16.5 Å².